The molecule has 2 rings (SSSR count). The Kier molecular flexibility index (Phi) is 10.2. The number of nitrogens with zero attached hydrogens (tertiary/aromatic N) is 1. The van der Waals surface area contributed by atoms with E-state index in [1.165, 1.54) is 33.6 Å². The quantitative estimate of drug-likeness (QED) is 0.342. The highest BCUT2D eigenvalue weighted by molar-refractivity contribution is 7.99. The number of aliphatic imine (C=N–C) groups is 1. The van der Waals surface area contributed by atoms with Crippen molar-refractivity contribution in [2.24, 2.45) is 4.99 Å². The number of thioether (sulfide) groups is 1. The van der Waals surface area contributed by atoms with E-state index in [0.29, 0.717) is 0 Å². The van der Waals surface area contributed by atoms with Crippen LogP contribution in [-0.4, -0.2) is 24.7 Å². The lowest BCUT2D eigenvalue weighted by Gasteiger charge is -2.17. The van der Waals surface area contributed by atoms with Gasteiger partial charge in [0.05, 0.1) is 0 Å². The average Bonchev–Trinajstić information content (AvgIpc) is 2.69. The average molecular weight is 397 g/mol. The molecule has 1 aromatic rings. The SMILES string of the molecule is CC(C)=CCCC(C)=CCCC(C)=CCSc1ccccc1C1=NCCCN1. The Bertz CT molecular complexity index is 737. The Morgan fingerprint density at radius 3 is 2.43 bits per heavy atom. The molecule has 0 aliphatic carbocycles. The second-order valence-corrected chi connectivity index (χ2v) is 8.84. The lowest BCUT2D eigenvalue weighted by atomic mass is 10.1. The maximum atomic E-state index is 4.66. The maximum Gasteiger partial charge on any atom is 0.129 e. The summed E-state index contributed by atoms with van der Waals surface area (Å²) in [6.07, 6.45) is 12.9. The van der Waals surface area contributed by atoms with Crippen molar-refractivity contribution in [1.29, 1.82) is 0 Å². The molecule has 0 saturated carbocycles. The van der Waals surface area contributed by atoms with Crippen molar-refractivity contribution >= 4 is 17.6 Å². The molecule has 152 valence electrons. The number of rotatable bonds is 10. The van der Waals surface area contributed by atoms with E-state index < -0.39 is 0 Å². The lowest BCUT2D eigenvalue weighted by Crippen LogP contribution is -2.30. The number of allylic oxidation sites excluding steroid dienone is 5. The van der Waals surface area contributed by atoms with E-state index in [1.807, 2.05) is 11.8 Å². The Hall–Kier alpha value is -1.74. The van der Waals surface area contributed by atoms with Gasteiger partial charge in [0.15, 0.2) is 0 Å². The third-order valence-corrected chi connectivity index (χ3v) is 5.83. The van der Waals surface area contributed by atoms with Crippen LogP contribution >= 0.6 is 11.8 Å². The molecule has 1 aliphatic rings. The topological polar surface area (TPSA) is 24.4 Å². The molecule has 0 atom stereocenters. The van der Waals surface area contributed by atoms with Crippen molar-refractivity contribution in [3.8, 4) is 0 Å². The predicted molar refractivity (Wildman–Crippen MR) is 127 cm³/mol. The van der Waals surface area contributed by atoms with Gasteiger partial charge < -0.3 is 5.32 Å². The second kappa shape index (κ2) is 12.7. The van der Waals surface area contributed by atoms with Crippen LogP contribution < -0.4 is 5.32 Å². The van der Waals surface area contributed by atoms with Gasteiger partial charge >= 0.3 is 0 Å². The van der Waals surface area contributed by atoms with Crippen LogP contribution in [0.2, 0.25) is 0 Å². The molecule has 1 aromatic carbocycles. The van der Waals surface area contributed by atoms with Gasteiger partial charge in [0.2, 0.25) is 0 Å². The van der Waals surface area contributed by atoms with Crippen LogP contribution in [-0.2, 0) is 0 Å². The molecule has 0 spiro atoms. The summed E-state index contributed by atoms with van der Waals surface area (Å²) >= 11 is 1.90. The normalized spacial score (nSPS) is 15.1. The van der Waals surface area contributed by atoms with Crippen molar-refractivity contribution in [3.63, 3.8) is 0 Å². The summed E-state index contributed by atoms with van der Waals surface area (Å²) in [4.78, 5) is 5.97. The Balaban J connectivity index is 1.80. The number of amidine groups is 1. The van der Waals surface area contributed by atoms with Crippen LogP contribution in [0, 0.1) is 0 Å². The van der Waals surface area contributed by atoms with E-state index in [9.17, 15) is 0 Å². The van der Waals surface area contributed by atoms with Crippen molar-refractivity contribution in [2.45, 2.75) is 64.7 Å². The van der Waals surface area contributed by atoms with Crippen molar-refractivity contribution in [3.05, 3.63) is 64.8 Å². The van der Waals surface area contributed by atoms with E-state index in [2.05, 4.69) is 80.5 Å². The largest absolute Gasteiger partial charge is 0.370 e. The zero-order chi connectivity index (χ0) is 20.2. The molecule has 28 heavy (non-hydrogen) atoms. The van der Waals surface area contributed by atoms with Crippen LogP contribution in [0.5, 0.6) is 0 Å². The molecule has 1 heterocycles. The molecule has 3 heteroatoms. The summed E-state index contributed by atoms with van der Waals surface area (Å²) in [7, 11) is 0. The smallest absolute Gasteiger partial charge is 0.129 e. The molecule has 0 amide bonds. The fraction of sp³-hybridized carbons (Fsp3) is 0.480. The van der Waals surface area contributed by atoms with E-state index in [4.69, 9.17) is 0 Å². The number of nitrogens with one attached hydrogen (secondary N) is 1. The standard InChI is InChI=1S/C25H36N2S/c1-20(2)10-7-11-21(3)12-8-13-22(4)16-19-28-24-15-6-5-14-23(24)25-26-17-9-18-27-25/h5-6,10,12,14-16H,7-9,11,13,17-19H2,1-4H3,(H,26,27). The molecule has 1 N–H and O–H groups in total. The van der Waals surface area contributed by atoms with E-state index >= 15 is 0 Å². The third kappa shape index (κ3) is 8.52. The summed E-state index contributed by atoms with van der Waals surface area (Å²) < 4.78 is 0. The molecule has 0 saturated heterocycles. The summed E-state index contributed by atoms with van der Waals surface area (Å²) in [5.41, 5.74) is 5.64. The van der Waals surface area contributed by atoms with Crippen molar-refractivity contribution in [2.75, 3.05) is 18.8 Å². The van der Waals surface area contributed by atoms with Gasteiger partial charge in [-0.1, -0.05) is 53.1 Å². The summed E-state index contributed by atoms with van der Waals surface area (Å²) in [6, 6.07) is 8.61. The summed E-state index contributed by atoms with van der Waals surface area (Å²) in [5, 5.41) is 3.45. The molecule has 0 unspecified atom stereocenters. The van der Waals surface area contributed by atoms with Gasteiger partial charge in [0, 0.05) is 29.3 Å². The summed E-state index contributed by atoms with van der Waals surface area (Å²) in [6.45, 7) is 10.8. The fourth-order valence-corrected chi connectivity index (χ4v) is 4.16. The highest BCUT2D eigenvalue weighted by atomic mass is 32.2. The minimum atomic E-state index is 0.932. The first-order chi connectivity index (χ1) is 13.6. The number of hydrogen-bond donors (Lipinski definition) is 1. The summed E-state index contributed by atoms with van der Waals surface area (Å²) in [5.74, 6) is 2.07. The molecular formula is C25H36N2S. The molecule has 0 fully saturated rings. The zero-order valence-corrected chi connectivity index (χ0v) is 18.9. The van der Waals surface area contributed by atoms with Gasteiger partial charge in [0.1, 0.15) is 5.84 Å². The van der Waals surface area contributed by atoms with Crippen LogP contribution in [0.25, 0.3) is 0 Å². The molecule has 0 bridgehead atoms. The first-order valence-electron chi connectivity index (χ1n) is 10.5. The molecule has 0 aromatic heterocycles. The molecule has 1 aliphatic heterocycles. The van der Waals surface area contributed by atoms with Gasteiger partial charge in [-0.05, 0) is 65.9 Å². The van der Waals surface area contributed by atoms with Gasteiger partial charge in [-0.2, -0.15) is 0 Å². The van der Waals surface area contributed by atoms with Gasteiger partial charge in [0.25, 0.3) is 0 Å². The van der Waals surface area contributed by atoms with Crippen LogP contribution in [0.15, 0.2) is 69.1 Å². The van der Waals surface area contributed by atoms with Crippen LogP contribution in [0.4, 0.5) is 0 Å². The van der Waals surface area contributed by atoms with Gasteiger partial charge in [-0.15, -0.1) is 11.8 Å². The first-order valence-corrected chi connectivity index (χ1v) is 11.5. The Labute approximate surface area is 176 Å². The van der Waals surface area contributed by atoms with Crippen molar-refractivity contribution < 1.29 is 0 Å². The Morgan fingerprint density at radius 1 is 1.00 bits per heavy atom. The van der Waals surface area contributed by atoms with Gasteiger partial charge in [-0.3, -0.25) is 4.99 Å². The first kappa shape index (κ1) is 22.5. The zero-order valence-electron chi connectivity index (χ0n) is 18.1. The van der Waals surface area contributed by atoms with E-state index in [-0.39, 0.29) is 0 Å². The minimum absolute atomic E-state index is 0.932. The van der Waals surface area contributed by atoms with Crippen LogP contribution in [0.3, 0.4) is 0 Å². The maximum absolute atomic E-state index is 4.66. The molecule has 0 radical (unpaired) electrons. The highest BCUT2D eigenvalue weighted by Crippen LogP contribution is 2.24. The molecule has 2 nitrogen and oxygen atoms in total. The van der Waals surface area contributed by atoms with E-state index in [1.54, 1.807) is 0 Å². The minimum Gasteiger partial charge on any atom is -0.370 e. The van der Waals surface area contributed by atoms with Crippen molar-refractivity contribution in [1.82, 2.24) is 5.32 Å². The monoisotopic (exact) mass is 396 g/mol. The Morgan fingerprint density at radius 2 is 1.71 bits per heavy atom. The van der Waals surface area contributed by atoms with Gasteiger partial charge in [-0.25, -0.2) is 0 Å². The second-order valence-electron chi connectivity index (χ2n) is 7.78. The predicted octanol–water partition coefficient (Wildman–Crippen LogP) is 6.94. The highest BCUT2D eigenvalue weighted by Gasteiger charge is 2.11. The fourth-order valence-electron chi connectivity index (χ4n) is 3.11. The lowest BCUT2D eigenvalue weighted by molar-refractivity contribution is 0.741. The number of benzene rings is 1. The third-order valence-electron chi connectivity index (χ3n) is 4.83. The number of hydrogen-bond acceptors (Lipinski definition) is 3. The molecular weight excluding hydrogens is 360 g/mol. The van der Waals surface area contributed by atoms with Crippen LogP contribution in [0.1, 0.15) is 65.4 Å². The van der Waals surface area contributed by atoms with E-state index in [0.717, 1.165) is 50.4 Å².